The standard InChI is InChI=1S/C13H21N7O/c1-9(2)20-8-10(15-18-20)7-19-6-4-3-5-11(19)12-14-13(21)17-16-12/h8-9,11H,3-7H2,1-2H3,(H2,14,16,17,21). The first-order valence-corrected chi connectivity index (χ1v) is 7.43. The van der Waals surface area contributed by atoms with Crippen molar-refractivity contribution in [3.05, 3.63) is 28.2 Å². The fourth-order valence-corrected chi connectivity index (χ4v) is 2.78. The van der Waals surface area contributed by atoms with E-state index >= 15 is 0 Å². The zero-order valence-electron chi connectivity index (χ0n) is 12.4. The third-order valence-electron chi connectivity index (χ3n) is 3.90. The number of hydrogen-bond donors (Lipinski definition) is 2. The molecule has 1 atom stereocenters. The molecule has 3 heterocycles. The van der Waals surface area contributed by atoms with Crippen LogP contribution in [0, 0.1) is 0 Å². The van der Waals surface area contributed by atoms with Crippen LogP contribution < -0.4 is 5.69 Å². The summed E-state index contributed by atoms with van der Waals surface area (Å²) < 4.78 is 1.87. The highest BCUT2D eigenvalue weighted by atomic mass is 16.1. The molecule has 8 nitrogen and oxygen atoms in total. The van der Waals surface area contributed by atoms with Crippen LogP contribution in [0.25, 0.3) is 0 Å². The van der Waals surface area contributed by atoms with Crippen LogP contribution in [0.4, 0.5) is 0 Å². The molecular weight excluding hydrogens is 270 g/mol. The van der Waals surface area contributed by atoms with Crippen molar-refractivity contribution in [1.82, 2.24) is 35.1 Å². The van der Waals surface area contributed by atoms with E-state index < -0.39 is 0 Å². The second kappa shape index (κ2) is 5.80. The minimum absolute atomic E-state index is 0.141. The highest BCUT2D eigenvalue weighted by molar-refractivity contribution is 4.99. The normalized spacial score (nSPS) is 20.2. The molecule has 8 heteroatoms. The van der Waals surface area contributed by atoms with E-state index in [0.29, 0.717) is 6.04 Å². The summed E-state index contributed by atoms with van der Waals surface area (Å²) in [5, 5.41) is 14.9. The monoisotopic (exact) mass is 291 g/mol. The Balaban J connectivity index is 1.76. The first kappa shape index (κ1) is 14.0. The van der Waals surface area contributed by atoms with Gasteiger partial charge in [-0.15, -0.1) is 5.10 Å². The van der Waals surface area contributed by atoms with Crippen LogP contribution in [0.5, 0.6) is 0 Å². The van der Waals surface area contributed by atoms with E-state index in [2.05, 4.69) is 44.2 Å². The number of hydrogen-bond acceptors (Lipinski definition) is 5. The van der Waals surface area contributed by atoms with Gasteiger partial charge in [-0.05, 0) is 33.2 Å². The number of aromatic amines is 2. The number of nitrogens with one attached hydrogen (secondary N) is 2. The van der Waals surface area contributed by atoms with Crippen LogP contribution in [-0.4, -0.2) is 41.6 Å². The Hall–Kier alpha value is -1.96. The summed E-state index contributed by atoms with van der Waals surface area (Å²) in [4.78, 5) is 16.3. The maximum Gasteiger partial charge on any atom is 0.340 e. The van der Waals surface area contributed by atoms with E-state index in [0.717, 1.165) is 43.9 Å². The molecule has 0 amide bonds. The molecule has 0 saturated carbocycles. The predicted molar refractivity (Wildman–Crippen MR) is 76.6 cm³/mol. The van der Waals surface area contributed by atoms with Gasteiger partial charge in [0.25, 0.3) is 0 Å². The van der Waals surface area contributed by atoms with E-state index in [9.17, 15) is 4.79 Å². The largest absolute Gasteiger partial charge is 0.340 e. The Kier molecular flexibility index (Phi) is 3.87. The van der Waals surface area contributed by atoms with Crippen molar-refractivity contribution in [3.8, 4) is 0 Å². The van der Waals surface area contributed by atoms with Crippen molar-refractivity contribution < 1.29 is 0 Å². The SMILES string of the molecule is CC(C)n1cc(CN2CCCCC2c2n[nH]c(=O)[nH]2)nn1. The quantitative estimate of drug-likeness (QED) is 0.876. The third-order valence-corrected chi connectivity index (χ3v) is 3.90. The highest BCUT2D eigenvalue weighted by Gasteiger charge is 2.27. The molecule has 1 aliphatic heterocycles. The summed E-state index contributed by atoms with van der Waals surface area (Å²) in [6, 6.07) is 0.452. The van der Waals surface area contributed by atoms with E-state index in [1.165, 1.54) is 0 Å². The number of H-pyrrole nitrogens is 2. The Morgan fingerprint density at radius 1 is 1.43 bits per heavy atom. The summed E-state index contributed by atoms with van der Waals surface area (Å²) in [5.41, 5.74) is 0.703. The number of rotatable bonds is 4. The summed E-state index contributed by atoms with van der Waals surface area (Å²) in [6.07, 6.45) is 5.29. The maximum atomic E-state index is 11.3. The Labute approximate surface area is 122 Å². The van der Waals surface area contributed by atoms with Gasteiger partial charge in [-0.2, -0.15) is 5.10 Å². The maximum absolute atomic E-state index is 11.3. The highest BCUT2D eigenvalue weighted by Crippen LogP contribution is 2.29. The van der Waals surface area contributed by atoms with Gasteiger partial charge in [0.1, 0.15) is 5.82 Å². The average molecular weight is 291 g/mol. The van der Waals surface area contributed by atoms with Crippen LogP contribution in [-0.2, 0) is 6.54 Å². The van der Waals surface area contributed by atoms with Gasteiger partial charge < -0.3 is 0 Å². The number of piperidine rings is 1. The lowest BCUT2D eigenvalue weighted by atomic mass is 10.0. The first-order valence-electron chi connectivity index (χ1n) is 7.43. The third kappa shape index (κ3) is 3.05. The van der Waals surface area contributed by atoms with Gasteiger partial charge >= 0.3 is 5.69 Å². The molecule has 0 radical (unpaired) electrons. The van der Waals surface area contributed by atoms with Crippen molar-refractivity contribution >= 4 is 0 Å². The van der Waals surface area contributed by atoms with Crippen LogP contribution in [0.3, 0.4) is 0 Å². The van der Waals surface area contributed by atoms with Crippen molar-refractivity contribution in [1.29, 1.82) is 0 Å². The van der Waals surface area contributed by atoms with Gasteiger partial charge in [0.2, 0.25) is 0 Å². The summed E-state index contributed by atoms with van der Waals surface area (Å²) in [7, 11) is 0. The van der Waals surface area contributed by atoms with Gasteiger partial charge in [-0.25, -0.2) is 14.6 Å². The van der Waals surface area contributed by atoms with Crippen molar-refractivity contribution in [2.24, 2.45) is 0 Å². The molecule has 0 bridgehead atoms. The number of nitrogens with zero attached hydrogens (tertiary/aromatic N) is 5. The van der Waals surface area contributed by atoms with E-state index in [1.54, 1.807) is 0 Å². The summed E-state index contributed by atoms with van der Waals surface area (Å²) in [5.74, 6) is 0.718. The number of aromatic nitrogens is 6. The topological polar surface area (TPSA) is 95.5 Å². The van der Waals surface area contributed by atoms with Crippen LogP contribution in [0.2, 0.25) is 0 Å². The molecule has 0 aromatic carbocycles. The van der Waals surface area contributed by atoms with Gasteiger partial charge in [-0.3, -0.25) is 9.88 Å². The predicted octanol–water partition coefficient (Wildman–Crippen LogP) is 0.998. The molecule has 1 aliphatic rings. The second-order valence-electron chi connectivity index (χ2n) is 5.83. The molecule has 1 saturated heterocycles. The Morgan fingerprint density at radius 3 is 2.95 bits per heavy atom. The van der Waals surface area contributed by atoms with E-state index in [1.807, 2.05) is 10.9 Å². The Bertz CT molecular complexity index is 641. The molecule has 1 unspecified atom stereocenters. The van der Waals surface area contributed by atoms with E-state index in [4.69, 9.17) is 0 Å². The zero-order valence-corrected chi connectivity index (χ0v) is 12.4. The van der Waals surface area contributed by atoms with Gasteiger partial charge in [0.05, 0.1) is 17.9 Å². The van der Waals surface area contributed by atoms with Crippen molar-refractivity contribution in [2.45, 2.75) is 51.7 Å². The molecule has 21 heavy (non-hydrogen) atoms. The lowest BCUT2D eigenvalue weighted by Crippen LogP contribution is -2.33. The molecule has 114 valence electrons. The second-order valence-corrected chi connectivity index (χ2v) is 5.83. The van der Waals surface area contributed by atoms with Gasteiger partial charge in [-0.1, -0.05) is 11.6 Å². The minimum atomic E-state index is -0.249. The summed E-state index contributed by atoms with van der Waals surface area (Å²) in [6.45, 7) is 5.87. The molecule has 0 aliphatic carbocycles. The van der Waals surface area contributed by atoms with Crippen LogP contribution in [0.1, 0.15) is 56.7 Å². The van der Waals surface area contributed by atoms with Gasteiger partial charge in [0.15, 0.2) is 0 Å². The molecule has 0 spiro atoms. The zero-order chi connectivity index (χ0) is 14.8. The van der Waals surface area contributed by atoms with Crippen molar-refractivity contribution in [3.63, 3.8) is 0 Å². The number of likely N-dealkylation sites (tertiary alicyclic amines) is 1. The van der Waals surface area contributed by atoms with Gasteiger partial charge in [0, 0.05) is 12.6 Å². The average Bonchev–Trinajstić information content (AvgIpc) is 3.09. The lowest BCUT2D eigenvalue weighted by Gasteiger charge is -2.33. The van der Waals surface area contributed by atoms with E-state index in [-0.39, 0.29) is 11.7 Å². The summed E-state index contributed by atoms with van der Waals surface area (Å²) >= 11 is 0. The fraction of sp³-hybridized carbons (Fsp3) is 0.692. The van der Waals surface area contributed by atoms with Crippen molar-refractivity contribution in [2.75, 3.05) is 6.54 Å². The molecule has 2 aromatic rings. The molecule has 3 rings (SSSR count). The van der Waals surface area contributed by atoms with Crippen LogP contribution >= 0.6 is 0 Å². The first-order chi connectivity index (χ1) is 10.1. The molecular formula is C13H21N7O. The van der Waals surface area contributed by atoms with Crippen LogP contribution in [0.15, 0.2) is 11.0 Å². The molecule has 1 fully saturated rings. The molecule has 2 N–H and O–H groups in total. The lowest BCUT2D eigenvalue weighted by molar-refractivity contribution is 0.132. The fourth-order valence-electron chi connectivity index (χ4n) is 2.78. The minimum Gasteiger partial charge on any atom is -0.292 e. The Morgan fingerprint density at radius 2 is 2.29 bits per heavy atom. The molecule has 2 aromatic heterocycles. The smallest absolute Gasteiger partial charge is 0.292 e.